The molecular weight excluding hydrogens is 547 g/mol. The molecule has 4 atom stereocenters. The van der Waals surface area contributed by atoms with Crippen LogP contribution in [0.1, 0.15) is 31.2 Å². The molecule has 10 nitrogen and oxygen atoms in total. The molecule has 2 aromatic rings. The minimum atomic E-state index is -4.35. The van der Waals surface area contributed by atoms with E-state index >= 15 is 0 Å². The number of fused-ring (bicyclic) bond motifs is 5. The van der Waals surface area contributed by atoms with Crippen molar-refractivity contribution < 1.29 is 31.1 Å². The van der Waals surface area contributed by atoms with E-state index in [2.05, 4.69) is 14.4 Å². The quantitative estimate of drug-likeness (QED) is 0.496. The molecule has 4 aliphatic rings. The van der Waals surface area contributed by atoms with Crippen molar-refractivity contribution in [3.8, 4) is 0 Å². The number of carbonyl (C=O) groups is 1. The molecule has 2 fully saturated rings. The number of hydrogen-bond donors (Lipinski definition) is 3. The predicted molar refractivity (Wildman–Crippen MR) is 142 cm³/mol. The molecule has 2 aromatic carbocycles. The molecule has 0 spiro atoms. The van der Waals surface area contributed by atoms with Crippen molar-refractivity contribution in [1.82, 2.24) is 4.90 Å². The van der Waals surface area contributed by atoms with Gasteiger partial charge in [-0.1, -0.05) is 18.6 Å². The minimum Gasteiger partial charge on any atom is -0.511 e. The first-order valence-electron chi connectivity index (χ1n) is 12.6. The van der Waals surface area contributed by atoms with Crippen LogP contribution in [-0.4, -0.2) is 50.9 Å². The maximum atomic E-state index is 14.0. The lowest BCUT2D eigenvalue weighted by Crippen LogP contribution is -2.54. The summed E-state index contributed by atoms with van der Waals surface area (Å²) in [7, 11) is -8.00. The Labute approximate surface area is 225 Å². The standard InChI is InChI=1S/C26H27FN4O6S2/c1-38(34,35)29-18-8-9-19-21(12-18)39(36,37)30-25(28-19)23-24(32)22-16-5-2-15(10-16)11-20(22)31(26(23)33)13-14-3-6-17(27)7-4-14/h3-4,6-9,12,15-16,20,22,29,32H,2,5,10-11,13H2,1H3,(H,28,30)/t15?,16?,20?,22-/m1/s1. The van der Waals surface area contributed by atoms with Crippen LogP contribution in [0.5, 0.6) is 0 Å². The van der Waals surface area contributed by atoms with Gasteiger partial charge in [0.25, 0.3) is 15.9 Å². The van der Waals surface area contributed by atoms with Crippen LogP contribution < -0.4 is 10.0 Å². The lowest BCUT2D eigenvalue weighted by Gasteiger charge is -2.47. The number of amidine groups is 1. The molecule has 2 aliphatic carbocycles. The van der Waals surface area contributed by atoms with E-state index in [0.29, 0.717) is 11.5 Å². The van der Waals surface area contributed by atoms with Gasteiger partial charge in [-0.25, -0.2) is 12.8 Å². The normalized spacial score (nSPS) is 27.4. The number of sulfonamides is 2. The summed E-state index contributed by atoms with van der Waals surface area (Å²) < 4.78 is 69.3. The molecule has 3 N–H and O–H groups in total. The summed E-state index contributed by atoms with van der Waals surface area (Å²) in [6.07, 6.45) is 4.50. The number of hydrogen-bond acceptors (Lipinski definition) is 7. The topological polar surface area (TPSA) is 145 Å². The Hall–Kier alpha value is -3.45. The van der Waals surface area contributed by atoms with E-state index in [1.54, 1.807) is 17.0 Å². The third-order valence-corrected chi connectivity index (χ3v) is 9.98. The highest BCUT2D eigenvalue weighted by molar-refractivity contribution is 7.92. The Balaban J connectivity index is 1.41. The van der Waals surface area contributed by atoms with Crippen LogP contribution in [0.15, 0.2) is 63.1 Å². The van der Waals surface area contributed by atoms with Gasteiger partial charge in [-0.15, -0.1) is 4.40 Å². The second-order valence-corrected chi connectivity index (χ2v) is 14.0. The molecule has 3 unspecified atom stereocenters. The van der Waals surface area contributed by atoms with Crippen molar-refractivity contribution in [3.05, 3.63) is 65.2 Å². The highest BCUT2D eigenvalue weighted by Crippen LogP contribution is 2.52. The largest absolute Gasteiger partial charge is 0.511 e. The number of carbonyl (C=O) groups excluding carboxylic acids is 1. The van der Waals surface area contributed by atoms with E-state index in [4.69, 9.17) is 0 Å². The van der Waals surface area contributed by atoms with Crippen LogP contribution in [-0.2, 0) is 31.4 Å². The fourth-order valence-electron chi connectivity index (χ4n) is 6.50. The van der Waals surface area contributed by atoms with E-state index in [0.717, 1.165) is 38.0 Å². The van der Waals surface area contributed by atoms with Crippen molar-refractivity contribution in [3.63, 3.8) is 0 Å². The zero-order valence-electron chi connectivity index (χ0n) is 21.0. The number of nitrogens with zero attached hydrogens (tertiary/aromatic N) is 2. The summed E-state index contributed by atoms with van der Waals surface area (Å²) in [4.78, 5) is 15.4. The third kappa shape index (κ3) is 4.67. The number of nitrogens with one attached hydrogen (secondary N) is 2. The molecule has 6 rings (SSSR count). The summed E-state index contributed by atoms with van der Waals surface area (Å²) in [5.74, 6) is -1.17. The van der Waals surface area contributed by atoms with E-state index in [9.17, 15) is 31.1 Å². The average molecular weight is 575 g/mol. The Morgan fingerprint density at radius 2 is 1.90 bits per heavy atom. The Morgan fingerprint density at radius 1 is 1.15 bits per heavy atom. The van der Waals surface area contributed by atoms with Crippen LogP contribution in [0.2, 0.25) is 0 Å². The van der Waals surface area contributed by atoms with Gasteiger partial charge in [0.05, 0.1) is 11.9 Å². The van der Waals surface area contributed by atoms with Crippen LogP contribution in [0.3, 0.4) is 0 Å². The number of benzene rings is 2. The maximum absolute atomic E-state index is 14.0. The van der Waals surface area contributed by atoms with E-state index < -0.39 is 31.8 Å². The van der Waals surface area contributed by atoms with Crippen molar-refractivity contribution >= 4 is 43.2 Å². The van der Waals surface area contributed by atoms with Gasteiger partial charge >= 0.3 is 0 Å². The fraction of sp³-hybridized carbons (Fsp3) is 0.385. The third-order valence-electron chi connectivity index (χ3n) is 8.06. The zero-order chi connectivity index (χ0) is 27.7. The molecule has 2 saturated carbocycles. The number of rotatable bonds is 5. The first-order valence-corrected chi connectivity index (χ1v) is 16.0. The highest BCUT2D eigenvalue weighted by Gasteiger charge is 2.52. The van der Waals surface area contributed by atoms with Crippen molar-refractivity contribution in [2.24, 2.45) is 22.2 Å². The molecule has 1 amide bonds. The number of anilines is 2. The van der Waals surface area contributed by atoms with Gasteiger partial charge < -0.3 is 15.3 Å². The second-order valence-electron chi connectivity index (χ2n) is 10.7. The summed E-state index contributed by atoms with van der Waals surface area (Å²) in [6.45, 7) is 0.174. The zero-order valence-corrected chi connectivity index (χ0v) is 22.6. The summed E-state index contributed by atoms with van der Waals surface area (Å²) >= 11 is 0. The summed E-state index contributed by atoms with van der Waals surface area (Å²) in [5.41, 5.74) is 0.659. The maximum Gasteiger partial charge on any atom is 0.286 e. The summed E-state index contributed by atoms with van der Waals surface area (Å²) in [5, 5.41) is 14.4. The second kappa shape index (κ2) is 9.05. The Bertz CT molecular complexity index is 1650. The van der Waals surface area contributed by atoms with Crippen LogP contribution in [0.25, 0.3) is 0 Å². The van der Waals surface area contributed by atoms with Crippen LogP contribution >= 0.6 is 0 Å². The SMILES string of the molecule is CS(=O)(=O)Nc1ccc2c(c1)S(=O)(=O)N=C(C1=C(O)[C@@H]3C4CCC(C4)CC3N(Cc3ccc(F)cc3)C1=O)N2. The molecule has 2 bridgehead atoms. The molecule has 39 heavy (non-hydrogen) atoms. The number of halogens is 1. The molecule has 13 heteroatoms. The van der Waals surface area contributed by atoms with Gasteiger partial charge in [0, 0.05) is 24.2 Å². The molecule has 2 heterocycles. The van der Waals surface area contributed by atoms with E-state index in [1.807, 2.05) is 0 Å². The first-order chi connectivity index (χ1) is 18.4. The first kappa shape index (κ1) is 25.8. The smallest absolute Gasteiger partial charge is 0.286 e. The molecule has 0 aromatic heterocycles. The minimum absolute atomic E-state index is 0.0439. The summed E-state index contributed by atoms with van der Waals surface area (Å²) in [6, 6.07) is 9.49. The molecule has 206 valence electrons. The van der Waals surface area contributed by atoms with Crippen LogP contribution in [0, 0.1) is 23.6 Å². The molecule has 0 radical (unpaired) electrons. The number of aliphatic hydroxyl groups is 1. The van der Waals surface area contributed by atoms with Crippen LogP contribution in [0.4, 0.5) is 15.8 Å². The lowest BCUT2D eigenvalue weighted by molar-refractivity contribution is -0.134. The van der Waals surface area contributed by atoms with Gasteiger partial charge in [-0.3, -0.25) is 9.52 Å². The van der Waals surface area contributed by atoms with Gasteiger partial charge in [-0.2, -0.15) is 8.42 Å². The van der Waals surface area contributed by atoms with Crippen molar-refractivity contribution in [2.75, 3.05) is 16.3 Å². The Morgan fingerprint density at radius 3 is 2.62 bits per heavy atom. The monoisotopic (exact) mass is 574 g/mol. The van der Waals surface area contributed by atoms with Crippen molar-refractivity contribution in [2.45, 2.75) is 43.2 Å². The highest BCUT2D eigenvalue weighted by atomic mass is 32.2. The van der Waals surface area contributed by atoms with Gasteiger partial charge in [0.2, 0.25) is 10.0 Å². The number of aliphatic hydroxyl groups excluding tert-OH is 1. The molecule has 0 saturated heterocycles. The van der Waals surface area contributed by atoms with Crippen molar-refractivity contribution in [1.29, 1.82) is 0 Å². The predicted octanol–water partition coefficient (Wildman–Crippen LogP) is 3.37. The van der Waals surface area contributed by atoms with E-state index in [-0.39, 0.29) is 57.9 Å². The Kier molecular flexibility index (Phi) is 5.99. The number of amides is 1. The molecule has 2 aliphatic heterocycles. The lowest BCUT2D eigenvalue weighted by atomic mass is 9.71. The van der Waals surface area contributed by atoms with Gasteiger partial charge in [0.1, 0.15) is 22.0 Å². The molecular formula is C26H27FN4O6S2. The average Bonchev–Trinajstić information content (AvgIpc) is 3.22. The fourth-order valence-corrected chi connectivity index (χ4v) is 8.20. The van der Waals surface area contributed by atoms with Gasteiger partial charge in [-0.05, 0) is 67.0 Å². The van der Waals surface area contributed by atoms with Gasteiger partial charge in [0.15, 0.2) is 5.84 Å². The van der Waals surface area contributed by atoms with E-state index in [1.165, 1.54) is 24.3 Å².